The number of allylic oxidation sites excluding steroid dienone is 4. The van der Waals surface area contributed by atoms with Crippen LogP contribution in [0.2, 0.25) is 0 Å². The maximum Gasteiger partial charge on any atom is 0.100 e. The van der Waals surface area contributed by atoms with Gasteiger partial charge in [0.25, 0.3) is 0 Å². The SMILES string of the molecule is CC(C)(C)OC1=CC=C(C=N)CC1. The Morgan fingerprint density at radius 3 is 2.38 bits per heavy atom. The second-order valence-electron chi connectivity index (χ2n) is 4.23. The number of hydrogen-bond acceptors (Lipinski definition) is 2. The minimum absolute atomic E-state index is 0.109. The number of nitrogens with one attached hydrogen (secondary N) is 1. The average Bonchev–Trinajstić information content (AvgIpc) is 2.03. The lowest BCUT2D eigenvalue weighted by molar-refractivity contribution is 0.0466. The third-order valence-electron chi connectivity index (χ3n) is 1.77. The zero-order valence-corrected chi connectivity index (χ0v) is 8.55. The van der Waals surface area contributed by atoms with Gasteiger partial charge in [-0.1, -0.05) is 6.08 Å². The highest BCUT2D eigenvalue weighted by molar-refractivity contribution is 5.76. The monoisotopic (exact) mass is 179 g/mol. The van der Waals surface area contributed by atoms with Crippen LogP contribution in [0.4, 0.5) is 0 Å². The van der Waals surface area contributed by atoms with Gasteiger partial charge in [0.05, 0.1) is 5.76 Å². The summed E-state index contributed by atoms with van der Waals surface area (Å²) < 4.78 is 5.71. The average molecular weight is 179 g/mol. The Morgan fingerprint density at radius 2 is 2.00 bits per heavy atom. The zero-order chi connectivity index (χ0) is 9.90. The van der Waals surface area contributed by atoms with Crippen molar-refractivity contribution >= 4 is 6.21 Å². The van der Waals surface area contributed by atoms with Crippen molar-refractivity contribution in [2.75, 3.05) is 0 Å². The van der Waals surface area contributed by atoms with E-state index in [9.17, 15) is 0 Å². The summed E-state index contributed by atoms with van der Waals surface area (Å²) in [5, 5.41) is 7.08. The van der Waals surface area contributed by atoms with Gasteiger partial charge in [-0.25, -0.2) is 0 Å². The van der Waals surface area contributed by atoms with Crippen LogP contribution in [0.15, 0.2) is 23.5 Å². The largest absolute Gasteiger partial charge is 0.492 e. The molecule has 0 amide bonds. The first-order valence-electron chi connectivity index (χ1n) is 4.60. The van der Waals surface area contributed by atoms with E-state index in [1.165, 1.54) is 6.21 Å². The quantitative estimate of drug-likeness (QED) is 0.649. The van der Waals surface area contributed by atoms with Crippen molar-refractivity contribution in [3.05, 3.63) is 23.5 Å². The maximum absolute atomic E-state index is 7.08. The van der Waals surface area contributed by atoms with Crippen LogP contribution in [0.3, 0.4) is 0 Å². The van der Waals surface area contributed by atoms with Crippen LogP contribution in [-0.2, 0) is 4.74 Å². The van der Waals surface area contributed by atoms with Gasteiger partial charge in [0, 0.05) is 12.6 Å². The Hall–Kier alpha value is -1.05. The Morgan fingerprint density at radius 1 is 1.31 bits per heavy atom. The molecule has 1 N–H and O–H groups in total. The van der Waals surface area contributed by atoms with Gasteiger partial charge in [-0.2, -0.15) is 0 Å². The summed E-state index contributed by atoms with van der Waals surface area (Å²) in [5.41, 5.74) is 0.961. The van der Waals surface area contributed by atoms with Crippen LogP contribution in [0, 0.1) is 5.41 Å². The molecule has 0 aromatic heterocycles. The van der Waals surface area contributed by atoms with E-state index in [2.05, 4.69) is 0 Å². The summed E-state index contributed by atoms with van der Waals surface area (Å²) in [5.74, 6) is 1.03. The van der Waals surface area contributed by atoms with Crippen LogP contribution < -0.4 is 0 Å². The van der Waals surface area contributed by atoms with E-state index in [0.717, 1.165) is 24.2 Å². The molecule has 0 radical (unpaired) electrons. The van der Waals surface area contributed by atoms with E-state index in [1.807, 2.05) is 32.9 Å². The maximum atomic E-state index is 7.08. The first-order chi connectivity index (χ1) is 6.01. The molecule has 0 aromatic carbocycles. The van der Waals surface area contributed by atoms with Crippen molar-refractivity contribution < 1.29 is 4.74 Å². The number of hydrogen-bond donors (Lipinski definition) is 1. The fourth-order valence-electron chi connectivity index (χ4n) is 1.23. The number of rotatable bonds is 2. The summed E-state index contributed by atoms with van der Waals surface area (Å²) >= 11 is 0. The molecular formula is C11H17NO. The van der Waals surface area contributed by atoms with Gasteiger partial charge >= 0.3 is 0 Å². The third-order valence-corrected chi connectivity index (χ3v) is 1.77. The summed E-state index contributed by atoms with van der Waals surface area (Å²) in [7, 11) is 0. The molecule has 2 nitrogen and oxygen atoms in total. The Labute approximate surface area is 79.8 Å². The highest BCUT2D eigenvalue weighted by atomic mass is 16.5. The molecule has 0 aliphatic heterocycles. The van der Waals surface area contributed by atoms with Crippen LogP contribution >= 0.6 is 0 Å². The molecule has 0 fully saturated rings. The van der Waals surface area contributed by atoms with E-state index in [0.29, 0.717) is 0 Å². The fraction of sp³-hybridized carbons (Fsp3) is 0.545. The molecule has 1 aliphatic rings. The first-order valence-corrected chi connectivity index (χ1v) is 4.60. The Bertz CT molecular complexity index is 256. The van der Waals surface area contributed by atoms with Crippen LogP contribution in [0.25, 0.3) is 0 Å². The second-order valence-corrected chi connectivity index (χ2v) is 4.23. The minimum atomic E-state index is -0.109. The molecule has 0 saturated carbocycles. The fourth-order valence-corrected chi connectivity index (χ4v) is 1.23. The highest BCUT2D eigenvalue weighted by Gasteiger charge is 2.14. The van der Waals surface area contributed by atoms with Gasteiger partial charge < -0.3 is 10.1 Å². The van der Waals surface area contributed by atoms with Crippen LogP contribution in [0.5, 0.6) is 0 Å². The second kappa shape index (κ2) is 3.77. The summed E-state index contributed by atoms with van der Waals surface area (Å²) in [6, 6.07) is 0. The molecule has 0 unspecified atom stereocenters. The van der Waals surface area contributed by atoms with E-state index in [1.54, 1.807) is 0 Å². The molecule has 0 bridgehead atoms. The lowest BCUT2D eigenvalue weighted by Crippen LogP contribution is -2.19. The van der Waals surface area contributed by atoms with E-state index in [4.69, 9.17) is 10.1 Å². The van der Waals surface area contributed by atoms with Crippen LogP contribution in [-0.4, -0.2) is 11.8 Å². The van der Waals surface area contributed by atoms with Crippen molar-refractivity contribution in [3.8, 4) is 0 Å². The molecular weight excluding hydrogens is 162 g/mol. The predicted molar refractivity (Wildman–Crippen MR) is 55.0 cm³/mol. The standard InChI is InChI=1S/C11H17NO/c1-11(2,3)13-10-6-4-9(8-12)5-7-10/h4,6,8,12H,5,7H2,1-3H3. The summed E-state index contributed by atoms with van der Waals surface area (Å²) in [4.78, 5) is 0. The van der Waals surface area contributed by atoms with Gasteiger partial charge in [-0.3, -0.25) is 0 Å². The molecule has 2 heteroatoms. The predicted octanol–water partition coefficient (Wildman–Crippen LogP) is 3.06. The molecule has 13 heavy (non-hydrogen) atoms. The van der Waals surface area contributed by atoms with Gasteiger partial charge in [0.15, 0.2) is 0 Å². The molecule has 0 spiro atoms. The van der Waals surface area contributed by atoms with Crippen molar-refractivity contribution in [2.45, 2.75) is 39.2 Å². The van der Waals surface area contributed by atoms with E-state index >= 15 is 0 Å². The minimum Gasteiger partial charge on any atom is -0.492 e. The number of ether oxygens (including phenoxy) is 1. The summed E-state index contributed by atoms with van der Waals surface area (Å²) in [6.45, 7) is 6.14. The van der Waals surface area contributed by atoms with Crippen LogP contribution in [0.1, 0.15) is 33.6 Å². The van der Waals surface area contributed by atoms with Gasteiger partial charge in [-0.05, 0) is 38.8 Å². The topological polar surface area (TPSA) is 33.1 Å². The molecule has 0 atom stereocenters. The summed E-state index contributed by atoms with van der Waals surface area (Å²) in [6.07, 6.45) is 7.17. The zero-order valence-electron chi connectivity index (χ0n) is 8.55. The van der Waals surface area contributed by atoms with E-state index < -0.39 is 0 Å². The first kappa shape index (κ1) is 10.0. The normalized spacial score (nSPS) is 17.5. The Kier molecular flexibility index (Phi) is 2.91. The van der Waals surface area contributed by atoms with E-state index in [-0.39, 0.29) is 5.60 Å². The highest BCUT2D eigenvalue weighted by Crippen LogP contribution is 2.22. The van der Waals surface area contributed by atoms with Gasteiger partial charge in [-0.15, -0.1) is 0 Å². The molecule has 1 aliphatic carbocycles. The lowest BCUT2D eigenvalue weighted by Gasteiger charge is -2.24. The van der Waals surface area contributed by atoms with Crippen molar-refractivity contribution in [1.82, 2.24) is 0 Å². The van der Waals surface area contributed by atoms with Gasteiger partial charge in [0.1, 0.15) is 5.60 Å². The lowest BCUT2D eigenvalue weighted by atomic mass is 10.0. The smallest absolute Gasteiger partial charge is 0.100 e. The molecule has 0 heterocycles. The molecule has 1 rings (SSSR count). The molecule has 0 saturated heterocycles. The van der Waals surface area contributed by atoms with Crippen molar-refractivity contribution in [1.29, 1.82) is 5.41 Å². The third kappa shape index (κ3) is 3.45. The van der Waals surface area contributed by atoms with Gasteiger partial charge in [0.2, 0.25) is 0 Å². The Balaban J connectivity index is 2.60. The molecule has 72 valence electrons. The van der Waals surface area contributed by atoms with Crippen molar-refractivity contribution in [2.24, 2.45) is 0 Å². The molecule has 0 aromatic rings. The van der Waals surface area contributed by atoms with Crippen molar-refractivity contribution in [3.63, 3.8) is 0 Å².